The van der Waals surface area contributed by atoms with Gasteiger partial charge in [-0.05, 0) is 19.1 Å². The predicted molar refractivity (Wildman–Crippen MR) is 71.2 cm³/mol. The van der Waals surface area contributed by atoms with Gasteiger partial charge in [0.25, 0.3) is 0 Å². The fourth-order valence-corrected chi connectivity index (χ4v) is 2.41. The quantitative estimate of drug-likeness (QED) is 0.734. The molecular formula is C12H10N4O2S. The van der Waals surface area contributed by atoms with E-state index < -0.39 is 11.2 Å². The van der Waals surface area contributed by atoms with Crippen LogP contribution in [0.5, 0.6) is 0 Å². The number of aliphatic carboxylic acids is 1. The molecule has 2 aromatic heterocycles. The minimum atomic E-state index is -0.883. The van der Waals surface area contributed by atoms with Crippen molar-refractivity contribution in [3.05, 3.63) is 30.6 Å². The van der Waals surface area contributed by atoms with Gasteiger partial charge in [-0.15, -0.1) is 5.10 Å². The van der Waals surface area contributed by atoms with Crippen LogP contribution in [0.4, 0.5) is 0 Å². The minimum absolute atomic E-state index is 0.438. The fraction of sp³-hybridized carbons (Fsp3) is 0.167. The molecule has 1 N–H and O–H groups in total. The summed E-state index contributed by atoms with van der Waals surface area (Å²) < 4.78 is 1.57. The maximum absolute atomic E-state index is 10.8. The number of fused-ring (bicyclic) bond motifs is 3. The first-order valence-electron chi connectivity index (χ1n) is 5.65. The third-order valence-corrected chi connectivity index (χ3v) is 3.63. The topological polar surface area (TPSA) is 80.4 Å². The van der Waals surface area contributed by atoms with Gasteiger partial charge >= 0.3 is 5.97 Å². The molecule has 0 saturated heterocycles. The van der Waals surface area contributed by atoms with Gasteiger partial charge in [-0.25, -0.2) is 14.5 Å². The highest BCUT2D eigenvalue weighted by Crippen LogP contribution is 2.23. The molecule has 3 rings (SSSR count). The summed E-state index contributed by atoms with van der Waals surface area (Å²) in [6.45, 7) is 1.61. The van der Waals surface area contributed by atoms with Crippen LogP contribution in [0.25, 0.3) is 16.6 Å². The minimum Gasteiger partial charge on any atom is -0.480 e. The van der Waals surface area contributed by atoms with Crippen molar-refractivity contribution in [3.8, 4) is 0 Å². The van der Waals surface area contributed by atoms with Crippen molar-refractivity contribution < 1.29 is 9.90 Å². The van der Waals surface area contributed by atoms with Gasteiger partial charge in [-0.1, -0.05) is 23.9 Å². The van der Waals surface area contributed by atoms with Crippen molar-refractivity contribution in [3.63, 3.8) is 0 Å². The van der Waals surface area contributed by atoms with Crippen LogP contribution in [0.15, 0.2) is 35.7 Å². The van der Waals surface area contributed by atoms with Crippen LogP contribution in [0.3, 0.4) is 0 Å². The summed E-state index contributed by atoms with van der Waals surface area (Å²) in [6, 6.07) is 7.63. The van der Waals surface area contributed by atoms with E-state index in [1.54, 1.807) is 17.8 Å². The Morgan fingerprint density at radius 2 is 2.21 bits per heavy atom. The first-order valence-corrected chi connectivity index (χ1v) is 6.53. The Morgan fingerprint density at radius 3 is 3.00 bits per heavy atom. The maximum Gasteiger partial charge on any atom is 0.316 e. The number of carboxylic acid groups (broad SMARTS) is 1. The molecule has 3 aromatic rings. The van der Waals surface area contributed by atoms with Gasteiger partial charge in [-0.3, -0.25) is 4.79 Å². The summed E-state index contributed by atoms with van der Waals surface area (Å²) in [5.74, 6) is -0.883. The lowest BCUT2D eigenvalue weighted by Gasteiger charge is -1.99. The van der Waals surface area contributed by atoms with Crippen LogP contribution in [0, 0.1) is 0 Å². The Kier molecular flexibility index (Phi) is 2.83. The van der Waals surface area contributed by atoms with Crippen molar-refractivity contribution in [1.29, 1.82) is 0 Å². The Hall–Kier alpha value is -2.15. The number of carboxylic acids is 1. The number of hydrogen-bond donors (Lipinski definition) is 1. The van der Waals surface area contributed by atoms with Gasteiger partial charge in [0.2, 0.25) is 5.16 Å². The molecule has 2 heterocycles. The molecule has 0 amide bonds. The van der Waals surface area contributed by atoms with Crippen molar-refractivity contribution in [2.75, 3.05) is 0 Å². The monoisotopic (exact) mass is 274 g/mol. The molecular weight excluding hydrogens is 264 g/mol. The molecule has 7 heteroatoms. The van der Waals surface area contributed by atoms with Crippen LogP contribution in [-0.4, -0.2) is 35.9 Å². The smallest absolute Gasteiger partial charge is 0.316 e. The summed E-state index contributed by atoms with van der Waals surface area (Å²) in [7, 11) is 0. The highest BCUT2D eigenvalue weighted by molar-refractivity contribution is 8.00. The van der Waals surface area contributed by atoms with E-state index in [1.165, 1.54) is 0 Å². The second-order valence-corrected chi connectivity index (χ2v) is 5.33. The highest BCUT2D eigenvalue weighted by atomic mass is 32.2. The second-order valence-electron chi connectivity index (χ2n) is 4.02. The fourth-order valence-electron chi connectivity index (χ4n) is 1.72. The lowest BCUT2D eigenvalue weighted by atomic mass is 10.2. The Morgan fingerprint density at radius 1 is 1.42 bits per heavy atom. The van der Waals surface area contributed by atoms with Crippen LogP contribution in [0.1, 0.15) is 6.92 Å². The third kappa shape index (κ3) is 2.12. The van der Waals surface area contributed by atoms with E-state index in [9.17, 15) is 4.79 Å². The predicted octanol–water partition coefficient (Wildman–Crippen LogP) is 1.84. The van der Waals surface area contributed by atoms with Gasteiger partial charge in [-0.2, -0.15) is 0 Å². The largest absolute Gasteiger partial charge is 0.480 e. The molecule has 0 fully saturated rings. The highest BCUT2D eigenvalue weighted by Gasteiger charge is 2.16. The summed E-state index contributed by atoms with van der Waals surface area (Å²) >= 11 is 1.12. The molecule has 96 valence electrons. The number of thioether (sulfide) groups is 1. The molecule has 0 aliphatic heterocycles. The molecule has 0 radical (unpaired) electrons. The van der Waals surface area contributed by atoms with Crippen LogP contribution in [-0.2, 0) is 4.79 Å². The lowest BCUT2D eigenvalue weighted by molar-refractivity contribution is -0.136. The zero-order valence-electron chi connectivity index (χ0n) is 10.0. The molecule has 1 aromatic carbocycles. The SMILES string of the molecule is CC(Sc1nc2c3ccccc3ncn2n1)C(=O)O. The molecule has 1 atom stereocenters. The maximum atomic E-state index is 10.8. The zero-order chi connectivity index (χ0) is 13.4. The molecule has 19 heavy (non-hydrogen) atoms. The molecule has 0 spiro atoms. The number of benzene rings is 1. The molecule has 0 bridgehead atoms. The summed E-state index contributed by atoms with van der Waals surface area (Å²) in [4.78, 5) is 19.5. The number of aromatic nitrogens is 4. The first kappa shape index (κ1) is 11.9. The molecule has 0 saturated carbocycles. The van der Waals surface area contributed by atoms with Gasteiger partial charge < -0.3 is 5.11 Å². The number of rotatable bonds is 3. The van der Waals surface area contributed by atoms with E-state index in [1.807, 2.05) is 24.3 Å². The van der Waals surface area contributed by atoms with Crippen LogP contribution in [0.2, 0.25) is 0 Å². The third-order valence-electron chi connectivity index (χ3n) is 2.69. The van der Waals surface area contributed by atoms with E-state index in [2.05, 4.69) is 15.1 Å². The number of hydrogen-bond acceptors (Lipinski definition) is 5. The normalized spacial score (nSPS) is 12.9. The average molecular weight is 274 g/mol. The van der Waals surface area contributed by atoms with E-state index in [4.69, 9.17) is 5.11 Å². The van der Waals surface area contributed by atoms with E-state index in [0.29, 0.717) is 10.8 Å². The number of para-hydroxylation sites is 1. The Balaban J connectivity index is 2.10. The molecule has 0 aliphatic rings. The van der Waals surface area contributed by atoms with Gasteiger partial charge in [0.1, 0.15) is 11.6 Å². The van der Waals surface area contributed by atoms with Crippen molar-refractivity contribution >= 4 is 34.3 Å². The van der Waals surface area contributed by atoms with Crippen molar-refractivity contribution in [2.24, 2.45) is 0 Å². The summed E-state index contributed by atoms with van der Waals surface area (Å²) in [5, 5.41) is 13.9. The molecule has 0 aliphatic carbocycles. The Labute approximate surface area is 112 Å². The van der Waals surface area contributed by atoms with Crippen LogP contribution >= 0.6 is 11.8 Å². The Bertz CT molecular complexity index is 771. The summed E-state index contributed by atoms with van der Waals surface area (Å²) in [5.41, 5.74) is 1.52. The lowest BCUT2D eigenvalue weighted by Crippen LogP contribution is -2.11. The number of nitrogens with zero attached hydrogens (tertiary/aromatic N) is 4. The van der Waals surface area contributed by atoms with Gasteiger partial charge in [0.15, 0.2) is 5.65 Å². The zero-order valence-corrected chi connectivity index (χ0v) is 10.8. The second kappa shape index (κ2) is 4.51. The van der Waals surface area contributed by atoms with E-state index in [-0.39, 0.29) is 0 Å². The summed E-state index contributed by atoms with van der Waals surface area (Å²) in [6.07, 6.45) is 1.58. The average Bonchev–Trinajstić information content (AvgIpc) is 2.81. The van der Waals surface area contributed by atoms with Crippen LogP contribution < -0.4 is 0 Å². The van der Waals surface area contributed by atoms with E-state index >= 15 is 0 Å². The van der Waals surface area contributed by atoms with Gasteiger partial charge in [0.05, 0.1) is 5.52 Å². The molecule has 1 unspecified atom stereocenters. The standard InChI is InChI=1S/C12H10N4O2S/c1-7(11(17)18)19-12-14-10-8-4-2-3-5-9(8)13-6-16(10)15-12/h2-7H,1H3,(H,17,18). The number of carbonyl (C=O) groups is 1. The van der Waals surface area contributed by atoms with Gasteiger partial charge in [0, 0.05) is 5.39 Å². The van der Waals surface area contributed by atoms with E-state index in [0.717, 1.165) is 22.7 Å². The first-order chi connectivity index (χ1) is 9.15. The van der Waals surface area contributed by atoms with Crippen molar-refractivity contribution in [1.82, 2.24) is 19.6 Å². The van der Waals surface area contributed by atoms with Crippen molar-refractivity contribution in [2.45, 2.75) is 17.3 Å². The molecule has 6 nitrogen and oxygen atoms in total.